The molecule has 1 saturated heterocycles. The fourth-order valence-electron chi connectivity index (χ4n) is 3.02. The number of carbonyl (C=O) groups excluding carboxylic acids is 2. The molecule has 0 bridgehead atoms. The Morgan fingerprint density at radius 3 is 2.48 bits per heavy atom. The molecule has 0 spiro atoms. The summed E-state index contributed by atoms with van der Waals surface area (Å²) in [5.74, 6) is 0.685. The zero-order chi connectivity index (χ0) is 19.4. The van der Waals surface area contributed by atoms with E-state index in [-0.39, 0.29) is 11.8 Å². The fourth-order valence-corrected chi connectivity index (χ4v) is 4.22. The lowest BCUT2D eigenvalue weighted by molar-refractivity contribution is -0.132. The first-order chi connectivity index (χ1) is 13.0. The number of hydrogen-bond acceptors (Lipinski definition) is 4. The van der Waals surface area contributed by atoms with Crippen molar-refractivity contribution in [3.63, 3.8) is 0 Å². The van der Waals surface area contributed by atoms with E-state index < -0.39 is 0 Å². The van der Waals surface area contributed by atoms with Crippen LogP contribution in [0, 0.1) is 5.92 Å². The van der Waals surface area contributed by atoms with Gasteiger partial charge >= 0.3 is 0 Å². The van der Waals surface area contributed by atoms with E-state index in [1.54, 1.807) is 11.1 Å². The van der Waals surface area contributed by atoms with Crippen LogP contribution in [0.1, 0.15) is 36.4 Å². The van der Waals surface area contributed by atoms with E-state index in [4.69, 9.17) is 11.6 Å². The number of halogens is 1. The number of nitrogens with zero attached hydrogens (tertiary/aromatic N) is 3. The standard InChI is InChI=1S/C20H24ClN3O2S/c1-14(2)7-8-18(25)23-9-11-24(12-10-23)20(26)17-13-22-19(27-17)15-5-3-4-6-16(15)21/h3-6,13-14H,7-12H2,1-2H3. The second-order valence-corrected chi connectivity index (χ2v) is 8.55. The first-order valence-electron chi connectivity index (χ1n) is 9.23. The highest BCUT2D eigenvalue weighted by molar-refractivity contribution is 7.17. The number of piperazine rings is 1. The number of carbonyl (C=O) groups is 2. The maximum Gasteiger partial charge on any atom is 0.265 e. The number of benzene rings is 1. The molecular formula is C20H24ClN3O2S. The Hall–Kier alpha value is -1.92. The fraction of sp³-hybridized carbons (Fsp3) is 0.450. The molecule has 0 atom stereocenters. The van der Waals surface area contributed by atoms with Gasteiger partial charge in [-0.3, -0.25) is 9.59 Å². The van der Waals surface area contributed by atoms with Gasteiger partial charge in [0.05, 0.1) is 11.2 Å². The Labute approximate surface area is 169 Å². The van der Waals surface area contributed by atoms with Crippen LogP contribution in [0.5, 0.6) is 0 Å². The van der Waals surface area contributed by atoms with Gasteiger partial charge in [0.2, 0.25) is 5.91 Å². The lowest BCUT2D eigenvalue weighted by Crippen LogP contribution is -2.50. The van der Waals surface area contributed by atoms with Crippen molar-refractivity contribution in [2.75, 3.05) is 26.2 Å². The molecule has 3 rings (SSSR count). The van der Waals surface area contributed by atoms with E-state index in [0.29, 0.717) is 48.4 Å². The molecule has 1 aliphatic heterocycles. The number of hydrogen-bond donors (Lipinski definition) is 0. The van der Waals surface area contributed by atoms with Gasteiger partial charge in [0.1, 0.15) is 9.88 Å². The zero-order valence-corrected chi connectivity index (χ0v) is 17.2. The number of rotatable bonds is 5. The molecule has 1 aromatic carbocycles. The quantitative estimate of drug-likeness (QED) is 0.749. The molecule has 27 heavy (non-hydrogen) atoms. The third-order valence-electron chi connectivity index (χ3n) is 4.68. The van der Waals surface area contributed by atoms with Gasteiger partial charge in [0.15, 0.2) is 0 Å². The van der Waals surface area contributed by atoms with Crippen LogP contribution in [0.3, 0.4) is 0 Å². The highest BCUT2D eigenvalue weighted by Gasteiger charge is 2.26. The summed E-state index contributed by atoms with van der Waals surface area (Å²) in [5, 5.41) is 1.37. The zero-order valence-electron chi connectivity index (χ0n) is 15.7. The molecule has 0 radical (unpaired) electrons. The highest BCUT2D eigenvalue weighted by Crippen LogP contribution is 2.31. The van der Waals surface area contributed by atoms with Crippen LogP contribution in [0.15, 0.2) is 30.5 Å². The Morgan fingerprint density at radius 2 is 1.81 bits per heavy atom. The molecule has 5 nitrogen and oxygen atoms in total. The van der Waals surface area contributed by atoms with Crippen molar-refractivity contribution >= 4 is 34.8 Å². The van der Waals surface area contributed by atoms with Crippen LogP contribution in [-0.2, 0) is 4.79 Å². The number of amides is 2. The van der Waals surface area contributed by atoms with Gasteiger partial charge < -0.3 is 9.80 Å². The van der Waals surface area contributed by atoms with Gasteiger partial charge in [-0.05, 0) is 18.4 Å². The average Bonchev–Trinajstić information content (AvgIpc) is 3.16. The molecule has 2 aromatic rings. The predicted molar refractivity (Wildman–Crippen MR) is 109 cm³/mol. The summed E-state index contributed by atoms with van der Waals surface area (Å²) < 4.78 is 0. The van der Waals surface area contributed by atoms with Gasteiger partial charge in [-0.15, -0.1) is 11.3 Å². The van der Waals surface area contributed by atoms with E-state index in [1.807, 2.05) is 29.2 Å². The molecule has 0 unspecified atom stereocenters. The van der Waals surface area contributed by atoms with E-state index >= 15 is 0 Å². The third kappa shape index (κ3) is 4.87. The van der Waals surface area contributed by atoms with Crippen LogP contribution >= 0.6 is 22.9 Å². The number of aromatic nitrogens is 1. The second-order valence-electron chi connectivity index (χ2n) is 7.12. The molecule has 1 fully saturated rings. The topological polar surface area (TPSA) is 53.5 Å². The average molecular weight is 406 g/mol. The third-order valence-corrected chi connectivity index (χ3v) is 6.02. The summed E-state index contributed by atoms with van der Waals surface area (Å²) in [6.45, 7) is 6.56. The first-order valence-corrected chi connectivity index (χ1v) is 10.4. The van der Waals surface area contributed by atoms with Gasteiger partial charge in [-0.25, -0.2) is 4.98 Å². The maximum absolute atomic E-state index is 12.8. The molecule has 1 aromatic heterocycles. The van der Waals surface area contributed by atoms with E-state index in [0.717, 1.165) is 17.0 Å². The molecule has 2 heterocycles. The van der Waals surface area contributed by atoms with Crippen LogP contribution in [0.4, 0.5) is 0 Å². The Kier molecular flexibility index (Phi) is 6.50. The highest BCUT2D eigenvalue weighted by atomic mass is 35.5. The molecule has 7 heteroatoms. The van der Waals surface area contributed by atoms with Crippen LogP contribution in [-0.4, -0.2) is 52.8 Å². The Bertz CT molecular complexity index is 813. The van der Waals surface area contributed by atoms with Gasteiger partial charge in [-0.2, -0.15) is 0 Å². The molecule has 0 aliphatic carbocycles. The van der Waals surface area contributed by atoms with Crippen molar-refractivity contribution in [2.45, 2.75) is 26.7 Å². The lowest BCUT2D eigenvalue weighted by atomic mass is 10.1. The van der Waals surface area contributed by atoms with Crippen LogP contribution in [0.2, 0.25) is 5.02 Å². The Morgan fingerprint density at radius 1 is 1.15 bits per heavy atom. The molecular weight excluding hydrogens is 382 g/mol. The van der Waals surface area contributed by atoms with Crippen molar-refractivity contribution in [1.29, 1.82) is 0 Å². The Balaban J connectivity index is 1.59. The second kappa shape index (κ2) is 8.85. The molecule has 1 aliphatic rings. The summed E-state index contributed by atoms with van der Waals surface area (Å²) in [4.78, 5) is 33.7. The summed E-state index contributed by atoms with van der Waals surface area (Å²) in [5.41, 5.74) is 0.837. The molecule has 2 amide bonds. The van der Waals surface area contributed by atoms with Crippen LogP contribution < -0.4 is 0 Å². The lowest BCUT2D eigenvalue weighted by Gasteiger charge is -2.34. The van der Waals surface area contributed by atoms with E-state index in [9.17, 15) is 9.59 Å². The van der Waals surface area contributed by atoms with Crippen molar-refractivity contribution in [3.05, 3.63) is 40.4 Å². The maximum atomic E-state index is 12.8. The van der Waals surface area contributed by atoms with Gasteiger partial charge in [-0.1, -0.05) is 43.6 Å². The number of thiazole rings is 1. The van der Waals surface area contributed by atoms with Crippen molar-refractivity contribution in [2.24, 2.45) is 5.92 Å². The van der Waals surface area contributed by atoms with Crippen molar-refractivity contribution in [1.82, 2.24) is 14.8 Å². The normalized spacial score (nSPS) is 14.7. The molecule has 0 saturated carbocycles. The van der Waals surface area contributed by atoms with Crippen molar-refractivity contribution in [3.8, 4) is 10.6 Å². The minimum absolute atomic E-state index is 0.0277. The summed E-state index contributed by atoms with van der Waals surface area (Å²) in [7, 11) is 0. The molecule has 144 valence electrons. The van der Waals surface area contributed by atoms with Gasteiger partial charge in [0, 0.05) is 38.2 Å². The molecule has 0 N–H and O–H groups in total. The van der Waals surface area contributed by atoms with Gasteiger partial charge in [0.25, 0.3) is 5.91 Å². The predicted octanol–water partition coefficient (Wildman–Crippen LogP) is 4.18. The van der Waals surface area contributed by atoms with Crippen molar-refractivity contribution < 1.29 is 9.59 Å². The minimum Gasteiger partial charge on any atom is -0.339 e. The smallest absolute Gasteiger partial charge is 0.265 e. The van der Waals surface area contributed by atoms with E-state index in [1.165, 1.54) is 11.3 Å². The van der Waals surface area contributed by atoms with E-state index in [2.05, 4.69) is 18.8 Å². The summed E-state index contributed by atoms with van der Waals surface area (Å²) in [6.07, 6.45) is 3.11. The summed E-state index contributed by atoms with van der Waals surface area (Å²) in [6, 6.07) is 7.49. The first kappa shape index (κ1) is 19.8. The van der Waals surface area contributed by atoms with Crippen LogP contribution in [0.25, 0.3) is 10.6 Å². The SMILES string of the molecule is CC(C)CCC(=O)N1CCN(C(=O)c2cnc(-c3ccccc3Cl)s2)CC1. The summed E-state index contributed by atoms with van der Waals surface area (Å²) >= 11 is 7.57. The minimum atomic E-state index is -0.0277. The largest absolute Gasteiger partial charge is 0.339 e. The monoisotopic (exact) mass is 405 g/mol.